The number of aryl methyl sites for hydroxylation is 4. The molecule has 0 bridgehead atoms. The topological polar surface area (TPSA) is 19.6 Å². The monoisotopic (exact) mass is 922 g/mol. The molecular formula is C68H62N2O. The Morgan fingerprint density at radius 3 is 1.61 bits per heavy atom. The molecule has 0 amide bonds. The number of benzene rings is 9. The van der Waals surface area contributed by atoms with E-state index in [2.05, 4.69) is 234 Å². The van der Waals surface area contributed by atoms with Gasteiger partial charge in [0.25, 0.3) is 0 Å². The lowest BCUT2D eigenvalue weighted by Gasteiger charge is -2.33. The van der Waals surface area contributed by atoms with Crippen LogP contribution in [0.1, 0.15) is 111 Å². The number of anilines is 6. The summed E-state index contributed by atoms with van der Waals surface area (Å²) >= 11 is 0. The minimum absolute atomic E-state index is 0.0232. The number of furan rings is 1. The largest absolute Gasteiger partial charge is 0.455 e. The van der Waals surface area contributed by atoms with Crippen molar-refractivity contribution in [2.75, 3.05) is 9.80 Å². The highest BCUT2D eigenvalue weighted by Crippen LogP contribution is 2.60. The fraction of sp³-hybridized carbons (Fsp3) is 0.235. The van der Waals surface area contributed by atoms with Gasteiger partial charge in [0.2, 0.25) is 0 Å². The Morgan fingerprint density at radius 2 is 0.958 bits per heavy atom. The highest BCUT2D eigenvalue weighted by Gasteiger charge is 2.45. The van der Waals surface area contributed by atoms with E-state index in [1.54, 1.807) is 0 Å². The predicted molar refractivity (Wildman–Crippen MR) is 299 cm³/mol. The zero-order chi connectivity index (χ0) is 48.4. The van der Waals surface area contributed by atoms with Gasteiger partial charge in [-0.05, 0) is 195 Å². The molecule has 0 radical (unpaired) electrons. The standard InChI is InChI=1S/C68H62N2O/c1-66(2,3)48-27-33-50(34-28-48)69(52-31-25-43-16-12-19-46(43)39-52)54-37-38-56-59(41-54)68(7,58-23-14-18-45-15-8-9-21-55(45)58)60-42-61(64-57-22-10-11-24-62(57)71-65(64)63(56)60)70(51-35-29-49(30-36-51)67(4,5)6)53-32-26-44-17-13-20-47(44)40-53/h8-11,14-15,18,21-42H,12-13,16-17,19-20H2,1-7H3. The lowest BCUT2D eigenvalue weighted by molar-refractivity contribution is 0.590. The van der Waals surface area contributed by atoms with Crippen molar-refractivity contribution < 1.29 is 4.42 Å². The zero-order valence-electron chi connectivity index (χ0n) is 42.3. The molecule has 9 aromatic carbocycles. The lowest BCUT2D eigenvalue weighted by Crippen LogP contribution is -2.24. The molecule has 350 valence electrons. The molecule has 1 aromatic heterocycles. The second-order valence-electron chi connectivity index (χ2n) is 22.9. The van der Waals surface area contributed by atoms with Crippen LogP contribution in [0.3, 0.4) is 0 Å². The van der Waals surface area contributed by atoms with Gasteiger partial charge in [0, 0.05) is 44.8 Å². The molecule has 0 spiro atoms. The average molecular weight is 923 g/mol. The molecule has 1 unspecified atom stereocenters. The summed E-state index contributed by atoms with van der Waals surface area (Å²) in [6, 6.07) is 67.3. The van der Waals surface area contributed by atoms with Crippen molar-refractivity contribution in [1.82, 2.24) is 0 Å². The van der Waals surface area contributed by atoms with E-state index in [1.807, 2.05) is 0 Å². The maximum atomic E-state index is 7.33. The second kappa shape index (κ2) is 16.1. The average Bonchev–Trinajstić information content (AvgIpc) is 4.19. The Morgan fingerprint density at radius 1 is 0.437 bits per heavy atom. The molecule has 0 aliphatic heterocycles. The van der Waals surface area contributed by atoms with E-state index in [-0.39, 0.29) is 10.8 Å². The maximum absolute atomic E-state index is 7.33. The van der Waals surface area contributed by atoms with Gasteiger partial charge in [0.05, 0.1) is 11.1 Å². The van der Waals surface area contributed by atoms with Crippen LogP contribution >= 0.6 is 0 Å². The lowest BCUT2D eigenvalue weighted by atomic mass is 9.72. The minimum Gasteiger partial charge on any atom is -0.455 e. The summed E-state index contributed by atoms with van der Waals surface area (Å²) in [4.78, 5) is 5.03. The first-order valence-electron chi connectivity index (χ1n) is 26.0. The molecule has 10 aromatic rings. The number of rotatable bonds is 7. The number of nitrogens with zero attached hydrogens (tertiary/aromatic N) is 2. The van der Waals surface area contributed by atoms with E-state index in [0.29, 0.717) is 0 Å². The predicted octanol–water partition coefficient (Wildman–Crippen LogP) is 18.6. The van der Waals surface area contributed by atoms with E-state index >= 15 is 0 Å². The molecule has 3 heteroatoms. The summed E-state index contributed by atoms with van der Waals surface area (Å²) in [6.45, 7) is 16.3. The van der Waals surface area contributed by atoms with Crippen LogP contribution < -0.4 is 9.80 Å². The third kappa shape index (κ3) is 6.98. The van der Waals surface area contributed by atoms with Crippen LogP contribution in [-0.2, 0) is 41.9 Å². The van der Waals surface area contributed by atoms with E-state index in [4.69, 9.17) is 4.42 Å². The molecule has 13 rings (SSSR count). The van der Waals surface area contributed by atoms with Crippen LogP contribution in [0.5, 0.6) is 0 Å². The first kappa shape index (κ1) is 43.6. The fourth-order valence-electron chi connectivity index (χ4n) is 12.6. The second-order valence-corrected chi connectivity index (χ2v) is 22.9. The zero-order valence-corrected chi connectivity index (χ0v) is 42.3. The van der Waals surface area contributed by atoms with Crippen LogP contribution in [0.4, 0.5) is 34.1 Å². The van der Waals surface area contributed by atoms with Gasteiger partial charge in [-0.25, -0.2) is 0 Å². The minimum atomic E-state index is -0.594. The summed E-state index contributed by atoms with van der Waals surface area (Å²) in [5, 5.41) is 4.75. The van der Waals surface area contributed by atoms with Gasteiger partial charge in [-0.15, -0.1) is 0 Å². The third-order valence-electron chi connectivity index (χ3n) is 16.5. The van der Waals surface area contributed by atoms with Crippen molar-refractivity contribution >= 4 is 66.8 Å². The van der Waals surface area contributed by atoms with Crippen molar-refractivity contribution in [3.63, 3.8) is 0 Å². The number of hydrogen-bond acceptors (Lipinski definition) is 3. The normalized spacial score (nSPS) is 16.1. The van der Waals surface area contributed by atoms with Crippen LogP contribution in [0, 0.1) is 0 Å². The van der Waals surface area contributed by atoms with Crippen molar-refractivity contribution in [2.24, 2.45) is 0 Å². The van der Waals surface area contributed by atoms with Gasteiger partial charge in [-0.1, -0.05) is 145 Å². The molecule has 3 aliphatic carbocycles. The van der Waals surface area contributed by atoms with Gasteiger partial charge in [-0.2, -0.15) is 0 Å². The van der Waals surface area contributed by atoms with Gasteiger partial charge in [0.1, 0.15) is 11.2 Å². The summed E-state index contributed by atoms with van der Waals surface area (Å²) < 4.78 is 7.33. The van der Waals surface area contributed by atoms with Gasteiger partial charge in [-0.3, -0.25) is 0 Å². The first-order chi connectivity index (χ1) is 34.3. The van der Waals surface area contributed by atoms with Gasteiger partial charge in [0.15, 0.2) is 0 Å². The molecule has 0 saturated carbocycles. The Kier molecular flexibility index (Phi) is 9.89. The summed E-state index contributed by atoms with van der Waals surface area (Å²) in [6.07, 6.45) is 6.93. The highest BCUT2D eigenvalue weighted by molar-refractivity contribution is 6.19. The number of fused-ring (bicyclic) bond motifs is 10. The number of hydrogen-bond donors (Lipinski definition) is 0. The molecule has 1 atom stereocenters. The molecule has 1 heterocycles. The molecule has 0 saturated heterocycles. The fourth-order valence-corrected chi connectivity index (χ4v) is 12.6. The summed E-state index contributed by atoms with van der Waals surface area (Å²) in [7, 11) is 0. The Labute approximate surface area is 419 Å². The van der Waals surface area contributed by atoms with Crippen LogP contribution in [0.2, 0.25) is 0 Å². The van der Waals surface area contributed by atoms with Crippen LogP contribution in [0.25, 0.3) is 43.8 Å². The molecule has 3 aliphatic rings. The van der Waals surface area contributed by atoms with E-state index in [1.165, 1.54) is 96.2 Å². The molecule has 0 fully saturated rings. The van der Waals surface area contributed by atoms with Crippen LogP contribution in [-0.4, -0.2) is 0 Å². The van der Waals surface area contributed by atoms with E-state index in [0.717, 1.165) is 70.4 Å². The van der Waals surface area contributed by atoms with Crippen molar-refractivity contribution in [3.8, 4) is 11.1 Å². The first-order valence-corrected chi connectivity index (χ1v) is 26.0. The molecule has 3 nitrogen and oxygen atoms in total. The Hall–Kier alpha value is -7.36. The molecule has 71 heavy (non-hydrogen) atoms. The SMILES string of the molecule is CC(C)(C)c1ccc(N(c2ccc3c(c2)CCC3)c2ccc3c(c2)C(C)(c2cccc4ccccc24)c2cc(N(c4ccc(C(C)(C)C)cc4)c4ccc5c(c4)CCC5)c4c(oc5ccccc54)c2-3)cc1. The van der Waals surface area contributed by atoms with E-state index in [9.17, 15) is 0 Å². The Balaban J connectivity index is 1.11. The van der Waals surface area contributed by atoms with Crippen molar-refractivity contribution in [1.29, 1.82) is 0 Å². The molecular weight excluding hydrogens is 861 g/mol. The van der Waals surface area contributed by atoms with Gasteiger partial charge >= 0.3 is 0 Å². The van der Waals surface area contributed by atoms with Crippen LogP contribution in [0.15, 0.2) is 180 Å². The number of para-hydroxylation sites is 1. The highest BCUT2D eigenvalue weighted by atomic mass is 16.3. The smallest absolute Gasteiger partial charge is 0.145 e. The van der Waals surface area contributed by atoms with Crippen molar-refractivity contribution in [2.45, 2.75) is 103 Å². The third-order valence-corrected chi connectivity index (χ3v) is 16.5. The van der Waals surface area contributed by atoms with E-state index < -0.39 is 5.41 Å². The summed E-state index contributed by atoms with van der Waals surface area (Å²) in [5.74, 6) is 0. The quantitative estimate of drug-likeness (QED) is 0.159. The molecule has 0 N–H and O–H groups in total. The Bertz CT molecular complexity index is 3740. The van der Waals surface area contributed by atoms with Crippen molar-refractivity contribution in [3.05, 3.63) is 226 Å². The van der Waals surface area contributed by atoms with Gasteiger partial charge < -0.3 is 14.2 Å². The maximum Gasteiger partial charge on any atom is 0.145 e. The summed E-state index contributed by atoms with van der Waals surface area (Å²) in [5.41, 5.74) is 22.9.